The number of halogens is 2. The third kappa shape index (κ3) is 2.48. The maximum absolute atomic E-state index is 13.6. The first-order valence-electron chi connectivity index (χ1n) is 7.10. The summed E-state index contributed by atoms with van der Waals surface area (Å²) in [5.74, 6) is -1.56. The molecule has 0 radical (unpaired) electrons. The first-order chi connectivity index (χ1) is 12.0. The molecule has 0 unspecified atom stereocenters. The minimum absolute atomic E-state index is 0.0156. The average molecular weight is 375 g/mol. The summed E-state index contributed by atoms with van der Waals surface area (Å²) in [5, 5.41) is 11.6. The number of aromatic nitrogens is 1. The zero-order chi connectivity index (χ0) is 17.7. The van der Waals surface area contributed by atoms with E-state index in [-0.39, 0.29) is 15.7 Å². The number of carbonyl (C=O) groups is 1. The number of hydrogen-bond acceptors (Lipinski definition) is 4. The van der Waals surface area contributed by atoms with Crippen LogP contribution in [0.1, 0.15) is 4.88 Å². The van der Waals surface area contributed by atoms with Crippen LogP contribution in [0.2, 0.25) is 5.02 Å². The summed E-state index contributed by atoms with van der Waals surface area (Å²) in [6.07, 6.45) is 0. The molecule has 0 aliphatic carbocycles. The molecule has 1 aliphatic rings. The van der Waals surface area contributed by atoms with E-state index in [1.54, 1.807) is 24.3 Å². The van der Waals surface area contributed by atoms with E-state index in [1.807, 2.05) is 0 Å². The third-order valence-corrected chi connectivity index (χ3v) is 4.96. The zero-order valence-corrected chi connectivity index (χ0v) is 13.9. The number of carbonyl (C=O) groups excluding carboxylic acids is 1. The largest absolute Gasteiger partial charge is 0.493 e. The van der Waals surface area contributed by atoms with Crippen LogP contribution in [0.4, 0.5) is 4.39 Å². The molecule has 0 saturated heterocycles. The minimum Gasteiger partial charge on any atom is -0.493 e. The van der Waals surface area contributed by atoms with Gasteiger partial charge in [0.15, 0.2) is 0 Å². The highest BCUT2D eigenvalue weighted by Gasteiger charge is 2.26. The number of thiazole rings is 1. The summed E-state index contributed by atoms with van der Waals surface area (Å²) in [6.45, 7) is 0. The predicted octanol–water partition coefficient (Wildman–Crippen LogP) is 1.76. The Hall–Kier alpha value is -2.77. The van der Waals surface area contributed by atoms with Gasteiger partial charge in [-0.3, -0.25) is 9.59 Å². The Kier molecular flexibility index (Phi) is 3.55. The van der Waals surface area contributed by atoms with Crippen molar-refractivity contribution >= 4 is 34.4 Å². The summed E-state index contributed by atoms with van der Waals surface area (Å²) in [7, 11) is 0. The summed E-state index contributed by atoms with van der Waals surface area (Å²) < 4.78 is 14.6. The topological polar surface area (TPSA) is 71.7 Å². The molecule has 5 nitrogen and oxygen atoms in total. The molecular weight excluding hydrogens is 367 g/mol. The van der Waals surface area contributed by atoms with Crippen molar-refractivity contribution in [1.29, 1.82) is 0 Å². The number of aromatic hydroxyl groups is 1. The number of fused-ring (bicyclic) bond motifs is 1. The second-order valence-electron chi connectivity index (χ2n) is 5.29. The molecule has 1 aliphatic heterocycles. The van der Waals surface area contributed by atoms with Crippen LogP contribution < -0.4 is 15.4 Å². The highest BCUT2D eigenvalue weighted by Crippen LogP contribution is 2.30. The van der Waals surface area contributed by atoms with Crippen LogP contribution >= 0.6 is 22.9 Å². The van der Waals surface area contributed by atoms with E-state index in [1.165, 1.54) is 12.1 Å². The number of nitrogens with zero attached hydrogens (tertiary/aromatic N) is 2. The maximum atomic E-state index is 13.6. The SMILES string of the molecule is O=C1N=c2ccc(F)cc2=C1c1sc(=O)n(-c2ccc(Cl)cc2)c1O. The minimum atomic E-state index is -0.625. The molecule has 1 aromatic heterocycles. The molecule has 25 heavy (non-hydrogen) atoms. The highest BCUT2D eigenvalue weighted by molar-refractivity contribution is 7.11. The maximum Gasteiger partial charge on any atom is 0.315 e. The Bertz CT molecular complexity index is 1210. The fraction of sp³-hybridized carbons (Fsp3) is 0. The molecule has 1 amide bonds. The van der Waals surface area contributed by atoms with Crippen LogP contribution in [0.15, 0.2) is 52.3 Å². The van der Waals surface area contributed by atoms with Crippen molar-refractivity contribution in [3.63, 3.8) is 0 Å². The molecule has 4 rings (SSSR count). The molecule has 3 aromatic rings. The summed E-state index contributed by atoms with van der Waals surface area (Å²) in [5.41, 5.74) is 0.415. The molecule has 0 saturated carbocycles. The van der Waals surface area contributed by atoms with Gasteiger partial charge >= 0.3 is 4.87 Å². The Morgan fingerprint density at radius 1 is 1.12 bits per heavy atom. The predicted molar refractivity (Wildman–Crippen MR) is 91.3 cm³/mol. The Balaban J connectivity index is 2.00. The average Bonchev–Trinajstić information content (AvgIpc) is 3.04. The van der Waals surface area contributed by atoms with Crippen molar-refractivity contribution in [1.82, 2.24) is 4.57 Å². The lowest BCUT2D eigenvalue weighted by molar-refractivity contribution is -0.112. The van der Waals surface area contributed by atoms with Crippen LogP contribution in [0.3, 0.4) is 0 Å². The van der Waals surface area contributed by atoms with Gasteiger partial charge in [-0.1, -0.05) is 22.9 Å². The molecule has 2 aromatic carbocycles. The zero-order valence-electron chi connectivity index (χ0n) is 12.4. The van der Waals surface area contributed by atoms with E-state index in [0.29, 0.717) is 27.4 Å². The summed E-state index contributed by atoms with van der Waals surface area (Å²) in [4.78, 5) is 28.0. The highest BCUT2D eigenvalue weighted by atomic mass is 35.5. The lowest BCUT2D eigenvalue weighted by Gasteiger charge is -2.04. The van der Waals surface area contributed by atoms with Gasteiger partial charge in [0.05, 0.1) is 16.6 Å². The van der Waals surface area contributed by atoms with E-state index in [9.17, 15) is 19.1 Å². The van der Waals surface area contributed by atoms with E-state index >= 15 is 0 Å². The Morgan fingerprint density at radius 3 is 2.56 bits per heavy atom. The normalized spacial score (nSPS) is 13.0. The standard InChI is InChI=1S/C17H8ClFN2O3S/c18-8-1-4-10(5-2-8)21-16(23)14(25-17(21)24)13-11-7-9(19)3-6-12(11)20-15(13)22/h1-7,23H. The van der Waals surface area contributed by atoms with Crippen LogP contribution in [-0.2, 0) is 4.79 Å². The van der Waals surface area contributed by atoms with Gasteiger partial charge in [-0.25, -0.2) is 13.9 Å². The molecule has 124 valence electrons. The monoisotopic (exact) mass is 374 g/mol. The van der Waals surface area contributed by atoms with Crippen molar-refractivity contribution in [3.8, 4) is 11.6 Å². The molecule has 0 fully saturated rings. The quantitative estimate of drug-likeness (QED) is 0.743. The van der Waals surface area contributed by atoms with Gasteiger partial charge in [0.2, 0.25) is 5.88 Å². The Labute approximate surface area is 148 Å². The van der Waals surface area contributed by atoms with Gasteiger partial charge in [-0.2, -0.15) is 0 Å². The molecule has 2 heterocycles. The molecule has 0 atom stereocenters. The lowest BCUT2D eigenvalue weighted by Crippen LogP contribution is -2.23. The number of amides is 1. The lowest BCUT2D eigenvalue weighted by atomic mass is 10.1. The van der Waals surface area contributed by atoms with Gasteiger partial charge in [-0.15, -0.1) is 0 Å². The van der Waals surface area contributed by atoms with Gasteiger partial charge in [0.1, 0.15) is 10.7 Å². The molecule has 0 bridgehead atoms. The van der Waals surface area contributed by atoms with Crippen LogP contribution in [-0.4, -0.2) is 15.6 Å². The van der Waals surface area contributed by atoms with E-state index in [4.69, 9.17) is 11.6 Å². The number of rotatable bonds is 2. The Morgan fingerprint density at radius 2 is 1.84 bits per heavy atom. The van der Waals surface area contributed by atoms with Crippen LogP contribution in [0, 0.1) is 5.82 Å². The van der Waals surface area contributed by atoms with E-state index in [0.717, 1.165) is 10.6 Å². The smallest absolute Gasteiger partial charge is 0.315 e. The summed E-state index contributed by atoms with van der Waals surface area (Å²) >= 11 is 6.53. The van der Waals surface area contributed by atoms with Gasteiger partial charge in [0.25, 0.3) is 5.91 Å². The number of hydrogen-bond donors (Lipinski definition) is 1. The van der Waals surface area contributed by atoms with Crippen molar-refractivity contribution in [2.24, 2.45) is 4.99 Å². The van der Waals surface area contributed by atoms with Gasteiger partial charge < -0.3 is 5.11 Å². The van der Waals surface area contributed by atoms with Crippen LogP contribution in [0.5, 0.6) is 5.88 Å². The fourth-order valence-corrected chi connectivity index (χ4v) is 3.72. The van der Waals surface area contributed by atoms with Gasteiger partial charge in [0, 0.05) is 10.2 Å². The molecule has 8 heteroatoms. The van der Waals surface area contributed by atoms with Crippen molar-refractivity contribution in [2.45, 2.75) is 0 Å². The van der Waals surface area contributed by atoms with E-state index < -0.39 is 22.5 Å². The second kappa shape index (κ2) is 5.65. The van der Waals surface area contributed by atoms with Crippen molar-refractivity contribution in [2.75, 3.05) is 0 Å². The molecular formula is C17H8ClFN2O3S. The number of benzene rings is 2. The summed E-state index contributed by atoms with van der Waals surface area (Å²) in [6, 6.07) is 10.0. The van der Waals surface area contributed by atoms with Crippen molar-refractivity contribution in [3.05, 3.63) is 78.4 Å². The fourth-order valence-electron chi connectivity index (χ4n) is 2.65. The molecule has 1 N–H and O–H groups in total. The van der Waals surface area contributed by atoms with Crippen LogP contribution in [0.25, 0.3) is 11.3 Å². The second-order valence-corrected chi connectivity index (χ2v) is 6.68. The van der Waals surface area contributed by atoms with Crippen molar-refractivity contribution < 1.29 is 14.3 Å². The molecule has 0 spiro atoms. The first-order valence-corrected chi connectivity index (χ1v) is 8.29. The first kappa shape index (κ1) is 15.7. The van der Waals surface area contributed by atoms with Gasteiger partial charge in [-0.05, 0) is 42.5 Å². The third-order valence-electron chi connectivity index (χ3n) is 3.76. The van der Waals surface area contributed by atoms with E-state index in [2.05, 4.69) is 4.99 Å².